The number of anilines is 3. The lowest BCUT2D eigenvalue weighted by molar-refractivity contribution is -0.127. The monoisotopic (exact) mass is 1200 g/mol. The molecule has 17 nitrogen and oxygen atoms in total. The highest BCUT2D eigenvalue weighted by atomic mass is 35.5. The number of pyridine rings is 3. The molecule has 84 heavy (non-hydrogen) atoms. The molecule has 24 heteroatoms. The number of nitrogens with zero attached hydrogens (tertiary/aromatic N) is 12. The number of amides is 3. The van der Waals surface area contributed by atoms with Gasteiger partial charge in [0.2, 0.25) is 17.7 Å². The van der Waals surface area contributed by atoms with E-state index in [9.17, 15) is 37.8 Å². The molecule has 432 valence electrons. The number of fused-ring (bicyclic) bond motifs is 3. The van der Waals surface area contributed by atoms with Gasteiger partial charge < -0.3 is 39.6 Å². The number of rotatable bonds is 9. The molecule has 0 atom stereocenters. The van der Waals surface area contributed by atoms with Gasteiger partial charge in [-0.3, -0.25) is 27.6 Å². The van der Waals surface area contributed by atoms with Crippen LogP contribution in [-0.2, 0) is 14.4 Å². The predicted octanol–water partition coefficient (Wildman–Crippen LogP) is 10.4. The molecule has 3 aliphatic rings. The van der Waals surface area contributed by atoms with Gasteiger partial charge in [-0.15, -0.1) is 0 Å². The fourth-order valence-electron chi connectivity index (χ4n) is 10.4. The summed E-state index contributed by atoms with van der Waals surface area (Å²) in [5.74, 6) is -0.755. The van der Waals surface area contributed by atoms with Crippen molar-refractivity contribution in [3.8, 4) is 44.9 Å². The number of hydrogen-bond donors (Lipinski definition) is 2. The van der Waals surface area contributed by atoms with Crippen molar-refractivity contribution in [2.24, 2.45) is 0 Å². The Morgan fingerprint density at radius 1 is 0.464 bits per heavy atom. The van der Waals surface area contributed by atoms with Crippen molar-refractivity contribution in [3.05, 3.63) is 186 Å². The predicted molar refractivity (Wildman–Crippen MR) is 317 cm³/mol. The van der Waals surface area contributed by atoms with Crippen LogP contribution < -0.4 is 14.7 Å². The molecule has 3 saturated heterocycles. The van der Waals surface area contributed by atoms with E-state index in [1.165, 1.54) is 71.4 Å². The van der Waals surface area contributed by atoms with Gasteiger partial charge in [-0.1, -0.05) is 78.8 Å². The van der Waals surface area contributed by atoms with Gasteiger partial charge in [0.25, 0.3) is 0 Å². The quantitative estimate of drug-likeness (QED) is 0.104. The number of carbonyl (C=O) groups is 3. The number of imidazole rings is 3. The van der Waals surface area contributed by atoms with E-state index in [4.69, 9.17) is 34.8 Å². The Kier molecular flexibility index (Phi) is 17.2. The first kappa shape index (κ1) is 58.2. The fourth-order valence-corrected chi connectivity index (χ4v) is 11.1. The Morgan fingerprint density at radius 3 is 1.37 bits per heavy atom. The first-order valence-electron chi connectivity index (χ1n) is 26.4. The molecule has 2 N–H and O–H groups in total. The van der Waals surface area contributed by atoms with E-state index >= 15 is 4.39 Å². The second-order valence-electron chi connectivity index (χ2n) is 19.6. The maximum atomic E-state index is 15.2. The molecule has 3 fully saturated rings. The number of benzene rings is 3. The zero-order chi connectivity index (χ0) is 59.5. The summed E-state index contributed by atoms with van der Waals surface area (Å²) < 4.78 is 63.1. The largest absolute Gasteiger partial charge is 0.508 e. The van der Waals surface area contributed by atoms with Gasteiger partial charge in [-0.05, 0) is 66.8 Å². The molecule has 12 rings (SSSR count). The van der Waals surface area contributed by atoms with Gasteiger partial charge in [-0.25, -0.2) is 32.5 Å². The maximum absolute atomic E-state index is 15.2. The summed E-state index contributed by atoms with van der Waals surface area (Å²) >= 11 is 19.2. The lowest BCUT2D eigenvalue weighted by Crippen LogP contribution is -2.48. The van der Waals surface area contributed by atoms with E-state index in [1.807, 2.05) is 13.7 Å². The summed E-state index contributed by atoms with van der Waals surface area (Å²) in [6, 6.07) is 17.6. The Balaban J connectivity index is 0.000000140. The molecule has 6 aromatic heterocycles. The minimum absolute atomic E-state index is 0.0355. The number of hydrogen-bond acceptors (Lipinski definition) is 11. The number of aromatic nitrogens is 6. The molecule has 3 aliphatic heterocycles. The highest BCUT2D eigenvalue weighted by Gasteiger charge is 2.28. The molecule has 0 spiro atoms. The van der Waals surface area contributed by atoms with Crippen LogP contribution in [0.25, 0.3) is 50.3 Å². The minimum atomic E-state index is -0.829. The first-order chi connectivity index (χ1) is 40.5. The van der Waals surface area contributed by atoms with Crippen LogP contribution in [0.5, 0.6) is 11.5 Å². The van der Waals surface area contributed by atoms with Crippen molar-refractivity contribution >= 4 is 86.9 Å². The smallest absolute Gasteiger partial charge is 0.246 e. The highest BCUT2D eigenvalue weighted by Crippen LogP contribution is 2.41. The summed E-state index contributed by atoms with van der Waals surface area (Å²) in [7, 11) is 0. The van der Waals surface area contributed by atoms with Crippen LogP contribution >= 0.6 is 34.8 Å². The zero-order valence-electron chi connectivity index (χ0n) is 44.9. The van der Waals surface area contributed by atoms with E-state index in [2.05, 4.69) is 44.5 Å². The normalized spacial score (nSPS) is 14.5. The SMILES string of the molecule is C=CC(=O)N1CCN(c2cnc3c(F)c(-c4c(O)cccc4F)c(Cl)cn23)CC1.C=CC(=O)N1CCN(c2cnc3cc(-c4cc(O)ccc4F)c(Cl)cn23)CC1.C=CC(=O)N1CCN(c2cnc3cc(-c4ccccc4F)c(Cl)cn23)CC1. The third-order valence-electron chi connectivity index (χ3n) is 14.7. The average Bonchev–Trinajstić information content (AvgIpc) is 3.83. The molecule has 0 unspecified atom stereocenters. The molecule has 0 saturated carbocycles. The molecular formula is C60H53Cl3F4N12O5. The van der Waals surface area contributed by atoms with Crippen LogP contribution in [0, 0.1) is 23.3 Å². The van der Waals surface area contributed by atoms with Crippen LogP contribution in [0.4, 0.5) is 35.0 Å². The maximum Gasteiger partial charge on any atom is 0.246 e. The number of carbonyl (C=O) groups excluding carboxylic acids is 3. The molecular weight excluding hydrogens is 1150 g/mol. The topological polar surface area (TPSA) is 163 Å². The average molecular weight is 1200 g/mol. The summed E-state index contributed by atoms with van der Waals surface area (Å²) in [6.45, 7) is 17.8. The van der Waals surface area contributed by atoms with Crippen LogP contribution in [0.3, 0.4) is 0 Å². The Labute approximate surface area is 494 Å². The van der Waals surface area contributed by atoms with Crippen molar-refractivity contribution in [1.29, 1.82) is 0 Å². The molecule has 9 heterocycles. The lowest BCUT2D eigenvalue weighted by Gasteiger charge is -2.35. The summed E-state index contributed by atoms with van der Waals surface area (Å²) in [4.78, 5) is 59.7. The van der Waals surface area contributed by atoms with Gasteiger partial charge in [-0.2, -0.15) is 0 Å². The molecule has 0 bridgehead atoms. The number of halogens is 7. The fraction of sp³-hybridized carbons (Fsp3) is 0.200. The third kappa shape index (κ3) is 11.7. The Hall–Kier alpha value is -9.05. The van der Waals surface area contributed by atoms with Crippen molar-refractivity contribution in [3.63, 3.8) is 0 Å². The second-order valence-corrected chi connectivity index (χ2v) is 20.8. The van der Waals surface area contributed by atoms with E-state index < -0.39 is 23.2 Å². The highest BCUT2D eigenvalue weighted by molar-refractivity contribution is 6.34. The van der Waals surface area contributed by atoms with Crippen molar-refractivity contribution in [2.75, 3.05) is 93.2 Å². The molecule has 0 radical (unpaired) electrons. The Bertz CT molecular complexity index is 4020. The molecule has 3 amide bonds. The van der Waals surface area contributed by atoms with E-state index in [-0.39, 0.29) is 56.6 Å². The zero-order valence-corrected chi connectivity index (χ0v) is 47.1. The summed E-state index contributed by atoms with van der Waals surface area (Å²) in [6.07, 6.45) is 13.9. The van der Waals surface area contributed by atoms with Crippen molar-refractivity contribution < 1.29 is 42.2 Å². The number of aromatic hydroxyl groups is 2. The summed E-state index contributed by atoms with van der Waals surface area (Å²) in [5, 5.41) is 20.4. The van der Waals surface area contributed by atoms with Crippen LogP contribution in [0.2, 0.25) is 15.1 Å². The van der Waals surface area contributed by atoms with E-state index in [1.54, 1.807) is 69.8 Å². The Morgan fingerprint density at radius 2 is 0.893 bits per heavy atom. The van der Waals surface area contributed by atoms with E-state index in [0.29, 0.717) is 122 Å². The molecule has 9 aromatic rings. The number of piperazine rings is 3. The standard InChI is InChI=1S/C20H17ClF2N4O2.C20H18ClFN4O2.C20H18ClFN4O/c1-2-16(29)26-8-6-25(7-9-26)15-10-24-20-19(23)17(12(21)11-27(15)20)18-13(22)4-3-5-14(18)28;1-2-20(28)25-7-5-24(6-8-25)19-11-23-18-10-14(16(21)12-26(18)19)15-9-13(27)3-4-17(15)22;1-2-20(27)25-9-7-24(8-10-25)19-12-23-18-11-15(16(21)13-26(18)19)14-5-3-4-6-17(14)22/h2-5,10-11,28H,1,6-9H2;2-4,9-12,27H,1,5-8H2;2-6,11-13H,1,7-10H2. The van der Waals surface area contributed by atoms with Gasteiger partial charge in [0.15, 0.2) is 11.5 Å². The molecule has 3 aromatic carbocycles. The summed E-state index contributed by atoms with van der Waals surface area (Å²) in [5.41, 5.74) is 2.46. The minimum Gasteiger partial charge on any atom is -0.508 e. The third-order valence-corrected chi connectivity index (χ3v) is 15.6. The molecule has 0 aliphatic carbocycles. The van der Waals surface area contributed by atoms with Crippen molar-refractivity contribution in [2.45, 2.75) is 0 Å². The van der Waals surface area contributed by atoms with Crippen molar-refractivity contribution in [1.82, 2.24) is 42.9 Å². The number of phenols is 2. The van der Waals surface area contributed by atoms with Crippen LogP contribution in [0.15, 0.2) is 148 Å². The van der Waals surface area contributed by atoms with E-state index in [0.717, 1.165) is 17.7 Å². The number of phenolic OH excluding ortho intramolecular Hbond substituents is 2. The lowest BCUT2D eigenvalue weighted by atomic mass is 10.0. The van der Waals surface area contributed by atoms with Gasteiger partial charge >= 0.3 is 0 Å². The van der Waals surface area contributed by atoms with Gasteiger partial charge in [0.05, 0.1) is 39.2 Å². The van der Waals surface area contributed by atoms with Crippen LogP contribution in [-0.4, -0.2) is 149 Å². The second kappa shape index (κ2) is 24.8. The first-order valence-corrected chi connectivity index (χ1v) is 27.5. The van der Waals surface area contributed by atoms with Gasteiger partial charge in [0, 0.05) is 125 Å². The van der Waals surface area contributed by atoms with Crippen LogP contribution in [0.1, 0.15) is 0 Å². The van der Waals surface area contributed by atoms with Gasteiger partial charge in [0.1, 0.15) is 57.7 Å².